The van der Waals surface area contributed by atoms with Crippen molar-refractivity contribution in [1.82, 2.24) is 4.98 Å². The van der Waals surface area contributed by atoms with Crippen LogP contribution in [0, 0.1) is 0 Å². The quantitative estimate of drug-likeness (QED) is 0.174. The maximum atomic E-state index is 6.18. The lowest BCUT2D eigenvalue weighted by Gasteiger charge is -2.26. The van der Waals surface area contributed by atoms with Gasteiger partial charge in [-0.1, -0.05) is 140 Å². The molecule has 0 aliphatic carbocycles. The number of oxazole rings is 1. The molecule has 9 rings (SSSR count). The van der Waals surface area contributed by atoms with Gasteiger partial charge in [-0.05, 0) is 93.4 Å². The van der Waals surface area contributed by atoms with Crippen LogP contribution >= 0.6 is 0 Å². The zero-order valence-corrected chi connectivity index (χ0v) is 27.3. The Morgan fingerprint density at radius 3 is 1.24 bits per heavy atom. The molecule has 0 aliphatic heterocycles. The molecule has 3 heteroatoms. The fourth-order valence-electron chi connectivity index (χ4n) is 6.71. The molecule has 9 aromatic rings. The predicted molar refractivity (Wildman–Crippen MR) is 208 cm³/mol. The van der Waals surface area contributed by atoms with E-state index in [-0.39, 0.29) is 0 Å². The molecule has 50 heavy (non-hydrogen) atoms. The third-order valence-corrected chi connectivity index (χ3v) is 9.34. The second-order valence-corrected chi connectivity index (χ2v) is 12.4. The first-order valence-electron chi connectivity index (χ1n) is 16.9. The zero-order valence-electron chi connectivity index (χ0n) is 27.3. The number of hydrogen-bond donors (Lipinski definition) is 0. The largest absolute Gasteiger partial charge is 0.436 e. The molecule has 0 saturated heterocycles. The molecule has 236 valence electrons. The molecule has 0 spiro atoms. The molecule has 0 N–H and O–H groups in total. The molecule has 0 atom stereocenters. The van der Waals surface area contributed by atoms with Crippen LogP contribution in [0.15, 0.2) is 199 Å². The summed E-state index contributed by atoms with van der Waals surface area (Å²) < 4.78 is 6.18. The van der Waals surface area contributed by atoms with Crippen molar-refractivity contribution in [1.29, 1.82) is 0 Å². The first-order valence-corrected chi connectivity index (χ1v) is 16.9. The second-order valence-electron chi connectivity index (χ2n) is 12.4. The van der Waals surface area contributed by atoms with Gasteiger partial charge in [0.1, 0.15) is 5.52 Å². The van der Waals surface area contributed by atoms with Crippen molar-refractivity contribution in [2.75, 3.05) is 4.90 Å². The summed E-state index contributed by atoms with van der Waals surface area (Å²) in [6.07, 6.45) is 0. The Labute approximate surface area is 291 Å². The van der Waals surface area contributed by atoms with Gasteiger partial charge in [-0.2, -0.15) is 0 Å². The Morgan fingerprint density at radius 2 is 0.740 bits per heavy atom. The van der Waals surface area contributed by atoms with Gasteiger partial charge in [0.2, 0.25) is 5.89 Å². The molecule has 1 aromatic heterocycles. The zero-order chi connectivity index (χ0) is 33.3. The first kappa shape index (κ1) is 29.4. The van der Waals surface area contributed by atoms with E-state index in [1.54, 1.807) is 0 Å². The minimum absolute atomic E-state index is 0.630. The summed E-state index contributed by atoms with van der Waals surface area (Å²) in [4.78, 5) is 7.19. The Kier molecular flexibility index (Phi) is 7.49. The van der Waals surface area contributed by atoms with E-state index in [1.165, 1.54) is 22.3 Å². The van der Waals surface area contributed by atoms with Crippen molar-refractivity contribution < 1.29 is 4.42 Å². The highest BCUT2D eigenvalue weighted by Gasteiger charge is 2.15. The lowest BCUT2D eigenvalue weighted by Crippen LogP contribution is -2.09. The molecule has 8 aromatic carbocycles. The molecule has 0 saturated carbocycles. The molecule has 1 heterocycles. The Bertz CT molecular complexity index is 2450. The predicted octanol–water partition coefficient (Wildman–Crippen LogP) is 13.1. The van der Waals surface area contributed by atoms with E-state index in [1.807, 2.05) is 18.2 Å². The Hall–Kier alpha value is -6.71. The number of aromatic nitrogens is 1. The molecular formula is C47H32N2O. The molecule has 0 amide bonds. The monoisotopic (exact) mass is 640 g/mol. The van der Waals surface area contributed by atoms with Gasteiger partial charge in [-0.15, -0.1) is 0 Å². The van der Waals surface area contributed by atoms with Gasteiger partial charge in [-0.25, -0.2) is 4.98 Å². The summed E-state index contributed by atoms with van der Waals surface area (Å²) in [7, 11) is 0. The normalized spacial score (nSPS) is 11.2. The minimum Gasteiger partial charge on any atom is -0.436 e. The van der Waals surface area contributed by atoms with Crippen molar-refractivity contribution in [3.05, 3.63) is 194 Å². The van der Waals surface area contributed by atoms with Crippen molar-refractivity contribution in [2.45, 2.75) is 0 Å². The molecule has 0 aliphatic rings. The van der Waals surface area contributed by atoms with Crippen LogP contribution in [0.4, 0.5) is 17.1 Å². The first-order chi connectivity index (χ1) is 24.8. The average Bonchev–Trinajstić information content (AvgIpc) is 3.65. The van der Waals surface area contributed by atoms with Gasteiger partial charge in [0.15, 0.2) is 5.58 Å². The van der Waals surface area contributed by atoms with Crippen molar-refractivity contribution in [3.8, 4) is 44.8 Å². The summed E-state index contributed by atoms with van der Waals surface area (Å²) >= 11 is 0. The van der Waals surface area contributed by atoms with Crippen LogP contribution in [0.1, 0.15) is 0 Å². The number of rotatable bonds is 7. The van der Waals surface area contributed by atoms with E-state index < -0.39 is 0 Å². The van der Waals surface area contributed by atoms with Gasteiger partial charge >= 0.3 is 0 Å². The van der Waals surface area contributed by atoms with E-state index in [0.29, 0.717) is 5.89 Å². The number of hydrogen-bond acceptors (Lipinski definition) is 3. The molecule has 0 unspecified atom stereocenters. The summed E-state index contributed by atoms with van der Waals surface area (Å²) in [6.45, 7) is 0. The SMILES string of the molecule is c1ccc(-c2ccc(N(c3ccc(-c4ccccc4)cc3)c3ccc(-c4ccc(-c5nc6c(ccc7ccccc76)o5)cc4)cc3)cc2)cc1. The molecule has 0 fully saturated rings. The Balaban J connectivity index is 1.02. The van der Waals surface area contributed by atoms with Crippen LogP contribution in [-0.4, -0.2) is 4.98 Å². The fraction of sp³-hybridized carbons (Fsp3) is 0. The molecular weight excluding hydrogens is 609 g/mol. The van der Waals surface area contributed by atoms with Gasteiger partial charge in [-0.3, -0.25) is 0 Å². The fourth-order valence-corrected chi connectivity index (χ4v) is 6.71. The van der Waals surface area contributed by atoms with Gasteiger partial charge in [0.25, 0.3) is 0 Å². The highest BCUT2D eigenvalue weighted by Crippen LogP contribution is 2.38. The van der Waals surface area contributed by atoms with Crippen LogP contribution in [0.25, 0.3) is 66.7 Å². The molecule has 3 nitrogen and oxygen atoms in total. The number of anilines is 3. The topological polar surface area (TPSA) is 29.3 Å². The summed E-state index contributed by atoms with van der Waals surface area (Å²) in [5.74, 6) is 0.630. The van der Waals surface area contributed by atoms with Gasteiger partial charge < -0.3 is 9.32 Å². The number of fused-ring (bicyclic) bond motifs is 3. The van der Waals surface area contributed by atoms with Crippen LogP contribution in [0.3, 0.4) is 0 Å². The third kappa shape index (κ3) is 5.61. The number of benzene rings is 8. The highest BCUT2D eigenvalue weighted by molar-refractivity contribution is 6.04. The molecule has 0 radical (unpaired) electrons. The standard InChI is InChI=1S/C47H32N2O/c1-3-9-33(10-4-1)36-19-26-41(27-20-36)49(42-28-21-37(22-29-42)34-11-5-2-6-12-34)43-30-23-38(24-31-43)35-15-17-40(18-16-35)47-48-46-44-14-8-7-13-39(44)25-32-45(46)50-47/h1-32H. The van der Waals surface area contributed by atoms with E-state index in [9.17, 15) is 0 Å². The summed E-state index contributed by atoms with van der Waals surface area (Å²) in [5.41, 5.74) is 13.0. The van der Waals surface area contributed by atoms with Gasteiger partial charge in [0.05, 0.1) is 0 Å². The summed E-state index contributed by atoms with van der Waals surface area (Å²) in [6, 6.07) is 68.2. The lowest BCUT2D eigenvalue weighted by molar-refractivity contribution is 0.620. The van der Waals surface area contributed by atoms with E-state index >= 15 is 0 Å². The van der Waals surface area contributed by atoms with Gasteiger partial charge in [0, 0.05) is 28.0 Å². The van der Waals surface area contributed by atoms with Crippen molar-refractivity contribution in [2.24, 2.45) is 0 Å². The second kappa shape index (κ2) is 12.7. The average molecular weight is 641 g/mol. The van der Waals surface area contributed by atoms with E-state index in [4.69, 9.17) is 9.40 Å². The van der Waals surface area contributed by atoms with E-state index in [0.717, 1.165) is 55.6 Å². The Morgan fingerprint density at radius 1 is 0.340 bits per heavy atom. The molecule has 0 bridgehead atoms. The third-order valence-electron chi connectivity index (χ3n) is 9.34. The minimum atomic E-state index is 0.630. The maximum absolute atomic E-state index is 6.18. The lowest BCUT2D eigenvalue weighted by atomic mass is 10.0. The van der Waals surface area contributed by atoms with Crippen molar-refractivity contribution in [3.63, 3.8) is 0 Å². The smallest absolute Gasteiger partial charge is 0.227 e. The number of nitrogens with zero attached hydrogens (tertiary/aromatic N) is 2. The van der Waals surface area contributed by atoms with Crippen LogP contribution < -0.4 is 4.90 Å². The van der Waals surface area contributed by atoms with Crippen LogP contribution in [0.5, 0.6) is 0 Å². The highest BCUT2D eigenvalue weighted by atomic mass is 16.3. The van der Waals surface area contributed by atoms with E-state index in [2.05, 4.69) is 181 Å². The van der Waals surface area contributed by atoms with Crippen LogP contribution in [-0.2, 0) is 0 Å². The maximum Gasteiger partial charge on any atom is 0.227 e. The van der Waals surface area contributed by atoms with Crippen molar-refractivity contribution >= 4 is 38.9 Å². The summed E-state index contributed by atoms with van der Waals surface area (Å²) in [5, 5.41) is 2.26. The van der Waals surface area contributed by atoms with Crippen LogP contribution in [0.2, 0.25) is 0 Å².